The van der Waals surface area contributed by atoms with Gasteiger partial charge in [-0.05, 0) is 91.8 Å². The molecule has 2 amide bonds. The Morgan fingerprint density at radius 3 is 2.59 bits per heavy atom. The number of carbonyl (C=O) groups excluding carboxylic acids is 2. The topological polar surface area (TPSA) is 93.8 Å². The zero-order valence-electron chi connectivity index (χ0n) is 20.5. The van der Waals surface area contributed by atoms with Gasteiger partial charge in [-0.3, -0.25) is 4.79 Å². The van der Waals surface area contributed by atoms with Crippen molar-refractivity contribution in [3.8, 4) is 0 Å². The third kappa shape index (κ3) is 3.96. The summed E-state index contributed by atoms with van der Waals surface area (Å²) in [7, 11) is 1.48. The molecule has 4 fully saturated rings. The minimum absolute atomic E-state index is 0.101. The predicted octanol–water partition coefficient (Wildman–Crippen LogP) is 5.26. The second-order valence-electron chi connectivity index (χ2n) is 11.8. The summed E-state index contributed by atoms with van der Waals surface area (Å²) in [5, 5.41) is 4.65. The number of esters is 1. The Kier molecular flexibility index (Phi) is 6.61. The van der Waals surface area contributed by atoms with E-state index in [0.29, 0.717) is 47.3 Å². The number of amides is 2. The van der Waals surface area contributed by atoms with Gasteiger partial charge in [0.2, 0.25) is 0 Å². The number of nitrogens with one attached hydrogen (secondary N) is 1. The first-order valence-electron chi connectivity index (χ1n) is 12.9. The Morgan fingerprint density at radius 2 is 1.88 bits per heavy atom. The molecule has 8 atom stereocenters. The fraction of sp³-hybridized carbons (Fsp3) is 0.885. The fourth-order valence-electron chi connectivity index (χ4n) is 8.86. The molecule has 180 valence electrons. The Labute approximate surface area is 193 Å². The molecule has 0 aromatic rings. The number of methoxy groups -OCH3 is 1. The highest BCUT2D eigenvalue weighted by molar-refractivity contribution is 5.90. The first-order valence-corrected chi connectivity index (χ1v) is 12.9. The normalized spacial score (nSPS) is 43.0. The zero-order chi connectivity index (χ0) is 23.1. The van der Waals surface area contributed by atoms with Crippen LogP contribution >= 0.6 is 0 Å². The molecule has 4 saturated carbocycles. The first kappa shape index (κ1) is 23.6. The van der Waals surface area contributed by atoms with Gasteiger partial charge in [-0.25, -0.2) is 10.2 Å². The standard InChI is InChI=1S/C26H43N3O3/c1-16(8-11-22(30)32-4)18-9-10-19-23-20(12-14-26(18,19)3)25(2)13-6-5-7-17(25)15-21(23)28-29-24(27)31/h16-20,23H,5-15H2,1-4H3,(H3,27,29,31)/t16-,17-,18+,19+,20+,23+,25-,26+/m0/s1. The van der Waals surface area contributed by atoms with Crippen molar-refractivity contribution in [3.63, 3.8) is 0 Å². The summed E-state index contributed by atoms with van der Waals surface area (Å²) < 4.78 is 4.89. The Hall–Kier alpha value is -1.59. The number of fused-ring (bicyclic) bond motifs is 5. The predicted molar refractivity (Wildman–Crippen MR) is 126 cm³/mol. The van der Waals surface area contributed by atoms with Crippen molar-refractivity contribution in [2.75, 3.05) is 7.11 Å². The number of nitrogens with two attached hydrogens (primary N) is 1. The van der Waals surface area contributed by atoms with Crippen molar-refractivity contribution in [1.29, 1.82) is 0 Å². The summed E-state index contributed by atoms with van der Waals surface area (Å²) >= 11 is 0. The van der Waals surface area contributed by atoms with Crippen LogP contribution in [-0.4, -0.2) is 24.8 Å². The Bertz CT molecular complexity index is 767. The number of primary amides is 1. The van der Waals surface area contributed by atoms with Crippen molar-refractivity contribution in [2.45, 2.75) is 91.4 Å². The van der Waals surface area contributed by atoms with Crippen molar-refractivity contribution >= 4 is 17.7 Å². The molecule has 6 heteroatoms. The van der Waals surface area contributed by atoms with Gasteiger partial charge in [0.25, 0.3) is 0 Å². The lowest BCUT2D eigenvalue weighted by molar-refractivity contribution is -0.141. The number of urea groups is 1. The Morgan fingerprint density at radius 1 is 1.12 bits per heavy atom. The molecule has 0 aromatic carbocycles. The van der Waals surface area contributed by atoms with Gasteiger partial charge < -0.3 is 10.5 Å². The van der Waals surface area contributed by atoms with Crippen molar-refractivity contribution in [2.24, 2.45) is 57.2 Å². The van der Waals surface area contributed by atoms with Gasteiger partial charge in [-0.2, -0.15) is 5.10 Å². The van der Waals surface area contributed by atoms with Crippen LogP contribution in [-0.2, 0) is 9.53 Å². The van der Waals surface area contributed by atoms with Crippen LogP contribution in [0.1, 0.15) is 91.4 Å². The van der Waals surface area contributed by atoms with Crippen LogP contribution in [0.3, 0.4) is 0 Å². The molecule has 4 aliphatic carbocycles. The van der Waals surface area contributed by atoms with E-state index in [1.54, 1.807) is 0 Å². The average molecular weight is 446 g/mol. The third-order valence-corrected chi connectivity index (χ3v) is 10.5. The molecule has 6 nitrogen and oxygen atoms in total. The van der Waals surface area contributed by atoms with Crippen LogP contribution in [0, 0.1) is 46.3 Å². The third-order valence-electron chi connectivity index (χ3n) is 10.5. The van der Waals surface area contributed by atoms with Crippen LogP contribution in [0.2, 0.25) is 0 Å². The molecule has 0 bridgehead atoms. The molecule has 0 aromatic heterocycles. The monoisotopic (exact) mass is 445 g/mol. The molecule has 4 rings (SSSR count). The minimum atomic E-state index is -0.565. The van der Waals surface area contributed by atoms with Gasteiger partial charge in [0, 0.05) is 18.1 Å². The molecular weight excluding hydrogens is 402 g/mol. The lowest BCUT2D eigenvalue weighted by atomic mass is 9.44. The number of hydrogen-bond acceptors (Lipinski definition) is 4. The molecule has 0 radical (unpaired) electrons. The van der Waals surface area contributed by atoms with E-state index in [-0.39, 0.29) is 11.4 Å². The van der Waals surface area contributed by atoms with Gasteiger partial charge in [-0.15, -0.1) is 0 Å². The molecule has 32 heavy (non-hydrogen) atoms. The zero-order valence-corrected chi connectivity index (χ0v) is 20.5. The molecular formula is C26H43N3O3. The minimum Gasteiger partial charge on any atom is -0.469 e. The van der Waals surface area contributed by atoms with Crippen LogP contribution in [0.5, 0.6) is 0 Å². The summed E-state index contributed by atoms with van der Waals surface area (Å²) in [5.74, 6) is 3.39. The lowest BCUT2D eigenvalue weighted by Crippen LogP contribution is -2.56. The second kappa shape index (κ2) is 8.98. The summed E-state index contributed by atoms with van der Waals surface area (Å²) in [6, 6.07) is -0.565. The molecule has 4 aliphatic rings. The van der Waals surface area contributed by atoms with E-state index in [1.165, 1.54) is 64.2 Å². The van der Waals surface area contributed by atoms with Crippen LogP contribution in [0.25, 0.3) is 0 Å². The van der Waals surface area contributed by atoms with Gasteiger partial charge >= 0.3 is 12.0 Å². The molecule has 0 spiro atoms. The summed E-state index contributed by atoms with van der Waals surface area (Å²) in [4.78, 5) is 23.2. The molecule has 0 unspecified atom stereocenters. The highest BCUT2D eigenvalue weighted by Crippen LogP contribution is 2.67. The Balaban J connectivity index is 1.61. The van der Waals surface area contributed by atoms with Crippen molar-refractivity contribution in [1.82, 2.24) is 5.43 Å². The first-order chi connectivity index (χ1) is 15.2. The van der Waals surface area contributed by atoms with Gasteiger partial charge in [-0.1, -0.05) is 33.6 Å². The maximum atomic E-state index is 11.7. The van der Waals surface area contributed by atoms with E-state index < -0.39 is 6.03 Å². The largest absolute Gasteiger partial charge is 0.469 e. The van der Waals surface area contributed by atoms with Gasteiger partial charge in [0.15, 0.2) is 0 Å². The molecule has 0 aliphatic heterocycles. The summed E-state index contributed by atoms with van der Waals surface area (Å²) in [6.07, 6.45) is 12.7. The molecule has 0 saturated heterocycles. The van der Waals surface area contributed by atoms with Crippen LogP contribution in [0.15, 0.2) is 5.10 Å². The highest BCUT2D eigenvalue weighted by atomic mass is 16.5. The summed E-state index contributed by atoms with van der Waals surface area (Å²) in [5.41, 5.74) is 9.87. The van der Waals surface area contributed by atoms with E-state index in [2.05, 4.69) is 31.3 Å². The maximum absolute atomic E-state index is 11.7. The quantitative estimate of drug-likeness (QED) is 0.446. The van der Waals surface area contributed by atoms with Gasteiger partial charge in [0.05, 0.1) is 7.11 Å². The highest BCUT2D eigenvalue weighted by Gasteiger charge is 2.62. The molecule has 3 N–H and O–H groups in total. The SMILES string of the molecule is COC(=O)CC[C@H](C)[C@H]1CC[C@@H]2[C@H]3C(=NNC(N)=O)C[C@@H]4CCCC[C@]4(C)[C@@H]3CC[C@@]21C. The fourth-order valence-corrected chi connectivity index (χ4v) is 8.86. The number of ether oxygens (including phenoxy) is 1. The van der Waals surface area contributed by atoms with Crippen molar-refractivity contribution in [3.05, 3.63) is 0 Å². The maximum Gasteiger partial charge on any atom is 0.332 e. The van der Waals surface area contributed by atoms with E-state index in [1.807, 2.05) is 0 Å². The smallest absolute Gasteiger partial charge is 0.332 e. The number of rotatable bonds is 5. The van der Waals surface area contributed by atoms with E-state index in [4.69, 9.17) is 10.5 Å². The van der Waals surface area contributed by atoms with Crippen LogP contribution < -0.4 is 11.2 Å². The average Bonchev–Trinajstić information content (AvgIpc) is 3.12. The lowest BCUT2D eigenvalue weighted by Gasteiger charge is -2.61. The van der Waals surface area contributed by atoms with Crippen molar-refractivity contribution < 1.29 is 14.3 Å². The number of hydrogen-bond donors (Lipinski definition) is 2. The van der Waals surface area contributed by atoms with E-state index in [9.17, 15) is 9.59 Å². The number of carbonyl (C=O) groups is 2. The molecule has 0 heterocycles. The number of hydrazone groups is 1. The summed E-state index contributed by atoms with van der Waals surface area (Å²) in [6.45, 7) is 7.39. The van der Waals surface area contributed by atoms with E-state index in [0.717, 1.165) is 12.8 Å². The second-order valence-corrected chi connectivity index (χ2v) is 11.8. The van der Waals surface area contributed by atoms with Crippen LogP contribution in [0.4, 0.5) is 4.79 Å². The number of nitrogens with zero attached hydrogens (tertiary/aromatic N) is 1. The van der Waals surface area contributed by atoms with Gasteiger partial charge in [0.1, 0.15) is 0 Å². The van der Waals surface area contributed by atoms with E-state index >= 15 is 0 Å².